The normalized spacial score (nSPS) is 9.69. The van der Waals surface area contributed by atoms with E-state index in [1.165, 1.54) is 0 Å². The molecule has 0 bridgehead atoms. The van der Waals surface area contributed by atoms with Gasteiger partial charge in [-0.05, 0) is 29.7 Å². The zero-order valence-corrected chi connectivity index (χ0v) is 8.56. The molecule has 0 fully saturated rings. The molecular formula is C8H8ClNO2S. The fourth-order valence-corrected chi connectivity index (χ4v) is 1.52. The molecule has 0 amide bonds. The summed E-state index contributed by atoms with van der Waals surface area (Å²) in [6.07, 6.45) is 1.58. The minimum atomic E-state index is -0.390. The van der Waals surface area contributed by atoms with E-state index in [2.05, 4.69) is 4.98 Å². The number of hydrogen-bond acceptors (Lipinski definition) is 4. The van der Waals surface area contributed by atoms with Gasteiger partial charge in [-0.25, -0.2) is 9.78 Å². The first kappa shape index (κ1) is 10.3. The lowest BCUT2D eigenvalue weighted by Crippen LogP contribution is -2.06. The molecule has 0 aliphatic carbocycles. The number of rotatable bonds is 3. The average Bonchev–Trinajstić information content (AvgIpc) is 2.18. The van der Waals surface area contributed by atoms with Crippen molar-refractivity contribution in [3.8, 4) is 0 Å². The highest BCUT2D eigenvalue weighted by Crippen LogP contribution is 2.23. The topological polar surface area (TPSA) is 39.2 Å². The van der Waals surface area contributed by atoms with Crippen molar-refractivity contribution in [2.24, 2.45) is 0 Å². The van der Waals surface area contributed by atoms with Crippen LogP contribution in [0.1, 0.15) is 17.3 Å². The number of carbonyl (C=O) groups excluding carboxylic acids is 1. The molecule has 0 aliphatic heterocycles. The van der Waals surface area contributed by atoms with E-state index in [0.29, 0.717) is 17.2 Å². The molecule has 0 unspecified atom stereocenters. The maximum absolute atomic E-state index is 11.3. The molecule has 13 heavy (non-hydrogen) atoms. The molecule has 70 valence electrons. The highest BCUT2D eigenvalue weighted by atomic mass is 35.7. The van der Waals surface area contributed by atoms with Crippen LogP contribution < -0.4 is 0 Å². The molecule has 0 saturated heterocycles. The molecule has 0 atom stereocenters. The van der Waals surface area contributed by atoms with Crippen LogP contribution in [0, 0.1) is 0 Å². The van der Waals surface area contributed by atoms with Crippen molar-refractivity contribution in [3.63, 3.8) is 0 Å². The molecule has 0 aliphatic rings. The minimum absolute atomic E-state index is 0.347. The number of pyridine rings is 1. The Morgan fingerprint density at radius 1 is 1.77 bits per heavy atom. The Hall–Kier alpha value is -0.740. The smallest absolute Gasteiger partial charge is 0.340 e. The van der Waals surface area contributed by atoms with E-state index in [1.807, 2.05) is 0 Å². The summed E-state index contributed by atoms with van der Waals surface area (Å²) >= 11 is 0. The maximum Gasteiger partial charge on any atom is 0.340 e. The Kier molecular flexibility index (Phi) is 4.05. The van der Waals surface area contributed by atoms with Crippen LogP contribution in [0.25, 0.3) is 0 Å². The van der Waals surface area contributed by atoms with E-state index < -0.39 is 5.97 Å². The van der Waals surface area contributed by atoms with Gasteiger partial charge in [0.15, 0.2) is 0 Å². The van der Waals surface area contributed by atoms with Gasteiger partial charge in [0.2, 0.25) is 0 Å². The Labute approximate surface area is 85.0 Å². The largest absolute Gasteiger partial charge is 0.462 e. The number of nitrogens with zero attached hydrogens (tertiary/aromatic N) is 1. The third-order valence-electron chi connectivity index (χ3n) is 1.34. The van der Waals surface area contributed by atoms with Crippen LogP contribution in [0.2, 0.25) is 0 Å². The summed E-state index contributed by atoms with van der Waals surface area (Å²) in [5.41, 5.74) is 0.407. The summed E-state index contributed by atoms with van der Waals surface area (Å²) in [4.78, 5) is 15.2. The second-order valence-electron chi connectivity index (χ2n) is 2.15. The summed E-state index contributed by atoms with van der Waals surface area (Å²) in [6.45, 7) is 2.10. The van der Waals surface area contributed by atoms with Gasteiger partial charge >= 0.3 is 5.97 Å². The van der Waals surface area contributed by atoms with E-state index >= 15 is 0 Å². The highest BCUT2D eigenvalue weighted by Gasteiger charge is 2.12. The van der Waals surface area contributed by atoms with Crippen LogP contribution in [0.3, 0.4) is 0 Å². The summed E-state index contributed by atoms with van der Waals surface area (Å²) in [6, 6.07) is 3.30. The van der Waals surface area contributed by atoms with E-state index in [4.69, 9.17) is 15.4 Å². The van der Waals surface area contributed by atoms with Crippen molar-refractivity contribution < 1.29 is 9.53 Å². The highest BCUT2D eigenvalue weighted by molar-refractivity contribution is 8.21. The van der Waals surface area contributed by atoms with Crippen LogP contribution in [0.5, 0.6) is 0 Å². The van der Waals surface area contributed by atoms with Crippen molar-refractivity contribution in [3.05, 3.63) is 23.9 Å². The van der Waals surface area contributed by atoms with Crippen LogP contribution in [0.4, 0.5) is 0 Å². The van der Waals surface area contributed by atoms with Gasteiger partial charge in [-0.15, -0.1) is 0 Å². The van der Waals surface area contributed by atoms with Crippen molar-refractivity contribution in [2.75, 3.05) is 6.61 Å². The molecule has 1 heterocycles. The third kappa shape index (κ3) is 2.60. The second-order valence-corrected chi connectivity index (χ2v) is 3.16. The van der Waals surface area contributed by atoms with Crippen molar-refractivity contribution >= 4 is 27.6 Å². The first-order valence-electron chi connectivity index (χ1n) is 3.70. The quantitative estimate of drug-likeness (QED) is 0.730. The first-order chi connectivity index (χ1) is 6.29. The summed E-state index contributed by atoms with van der Waals surface area (Å²) in [5, 5.41) is 0.475. The molecule has 0 N–H and O–H groups in total. The van der Waals surface area contributed by atoms with E-state index in [0.717, 1.165) is 11.0 Å². The molecule has 0 saturated carbocycles. The molecule has 0 spiro atoms. The molecular weight excluding hydrogens is 210 g/mol. The monoisotopic (exact) mass is 217 g/mol. The maximum atomic E-state index is 11.3. The SMILES string of the molecule is CCOC(=O)c1cccnc1SCl. The number of hydrogen-bond donors (Lipinski definition) is 0. The standard InChI is InChI=1S/C8H8ClNO2S/c1-2-12-8(11)6-4-3-5-10-7(6)13-9/h3-5H,2H2,1H3. The number of halogens is 1. The van der Waals surface area contributed by atoms with Gasteiger partial charge in [0.1, 0.15) is 5.03 Å². The minimum Gasteiger partial charge on any atom is -0.462 e. The van der Waals surface area contributed by atoms with Gasteiger partial charge < -0.3 is 4.74 Å². The molecule has 0 radical (unpaired) electrons. The number of esters is 1. The number of carbonyl (C=O) groups is 1. The van der Waals surface area contributed by atoms with Gasteiger partial charge in [0.25, 0.3) is 0 Å². The summed E-state index contributed by atoms with van der Waals surface area (Å²) in [5.74, 6) is -0.390. The Morgan fingerprint density at radius 3 is 3.15 bits per heavy atom. The van der Waals surface area contributed by atoms with E-state index in [-0.39, 0.29) is 0 Å². The van der Waals surface area contributed by atoms with Crippen LogP contribution in [-0.4, -0.2) is 17.6 Å². The number of ether oxygens (including phenoxy) is 1. The molecule has 1 rings (SSSR count). The molecule has 3 nitrogen and oxygen atoms in total. The van der Waals surface area contributed by atoms with Gasteiger partial charge in [0, 0.05) is 17.2 Å². The van der Waals surface area contributed by atoms with Crippen LogP contribution >= 0.6 is 21.7 Å². The zero-order chi connectivity index (χ0) is 9.68. The zero-order valence-electron chi connectivity index (χ0n) is 6.99. The fourth-order valence-electron chi connectivity index (χ4n) is 0.816. The fraction of sp³-hybridized carbons (Fsp3) is 0.250. The Bertz CT molecular complexity index is 306. The summed E-state index contributed by atoms with van der Waals surface area (Å²) < 4.78 is 4.82. The molecule has 0 aromatic carbocycles. The van der Waals surface area contributed by atoms with Crippen molar-refractivity contribution in [1.29, 1.82) is 0 Å². The van der Waals surface area contributed by atoms with Crippen LogP contribution in [-0.2, 0) is 4.74 Å². The van der Waals surface area contributed by atoms with Gasteiger partial charge in [-0.2, -0.15) is 0 Å². The van der Waals surface area contributed by atoms with Gasteiger partial charge in [-0.3, -0.25) is 0 Å². The lowest BCUT2D eigenvalue weighted by molar-refractivity contribution is 0.0521. The first-order valence-corrected chi connectivity index (χ1v) is 5.34. The second kappa shape index (κ2) is 5.09. The third-order valence-corrected chi connectivity index (χ3v) is 2.25. The van der Waals surface area contributed by atoms with Gasteiger partial charge in [-0.1, -0.05) is 0 Å². The lowest BCUT2D eigenvalue weighted by atomic mass is 10.3. The Morgan fingerprint density at radius 2 is 2.54 bits per heavy atom. The molecule has 1 aromatic heterocycles. The van der Waals surface area contributed by atoms with Crippen molar-refractivity contribution in [1.82, 2.24) is 4.98 Å². The Balaban J connectivity index is 2.92. The van der Waals surface area contributed by atoms with E-state index in [1.54, 1.807) is 25.3 Å². The lowest BCUT2D eigenvalue weighted by Gasteiger charge is -2.03. The summed E-state index contributed by atoms with van der Waals surface area (Å²) in [7, 11) is 6.43. The molecule has 1 aromatic rings. The predicted octanol–water partition coefficient (Wildman–Crippen LogP) is 2.50. The van der Waals surface area contributed by atoms with Crippen LogP contribution in [0.15, 0.2) is 23.4 Å². The average molecular weight is 218 g/mol. The predicted molar refractivity (Wildman–Crippen MR) is 51.9 cm³/mol. The molecule has 5 heteroatoms. The van der Waals surface area contributed by atoms with E-state index in [9.17, 15) is 4.79 Å². The number of aromatic nitrogens is 1. The van der Waals surface area contributed by atoms with Crippen molar-refractivity contribution in [2.45, 2.75) is 11.9 Å². The van der Waals surface area contributed by atoms with Gasteiger partial charge in [0.05, 0.1) is 12.2 Å².